The zero-order valence-corrected chi connectivity index (χ0v) is 19.8. The highest BCUT2D eigenvalue weighted by molar-refractivity contribution is 9.10. The SMILES string of the molecule is COc1cc(/C=N/NC(=O)/C(=C\C=C\c2ccccc2)NC(=O)c2ccccc2)cc(Br)c1O. The molecule has 8 heteroatoms. The quantitative estimate of drug-likeness (QED) is 0.174. The molecule has 0 spiro atoms. The molecule has 3 aromatic rings. The van der Waals surface area contributed by atoms with E-state index in [1.807, 2.05) is 36.4 Å². The highest BCUT2D eigenvalue weighted by Gasteiger charge is 2.13. The molecule has 0 aliphatic heterocycles. The molecule has 0 unspecified atom stereocenters. The van der Waals surface area contributed by atoms with Crippen LogP contribution in [0.15, 0.2) is 100 Å². The predicted octanol–water partition coefficient (Wildman–Crippen LogP) is 4.64. The van der Waals surface area contributed by atoms with Crippen LogP contribution in [0.5, 0.6) is 11.5 Å². The number of methoxy groups -OCH3 is 1. The lowest BCUT2D eigenvalue weighted by Gasteiger charge is -2.08. The van der Waals surface area contributed by atoms with Crippen molar-refractivity contribution in [3.63, 3.8) is 0 Å². The Hall–Kier alpha value is -4.17. The Balaban J connectivity index is 1.77. The van der Waals surface area contributed by atoms with Gasteiger partial charge in [-0.25, -0.2) is 5.43 Å². The predicted molar refractivity (Wildman–Crippen MR) is 136 cm³/mol. The number of aromatic hydroxyl groups is 1. The van der Waals surface area contributed by atoms with Crippen molar-refractivity contribution in [1.29, 1.82) is 0 Å². The molecule has 3 aromatic carbocycles. The summed E-state index contributed by atoms with van der Waals surface area (Å²) in [5.74, 6) is -0.819. The van der Waals surface area contributed by atoms with Crippen LogP contribution in [-0.4, -0.2) is 30.2 Å². The minimum atomic E-state index is -0.608. The first-order chi connectivity index (χ1) is 16.5. The number of benzene rings is 3. The molecule has 0 bridgehead atoms. The average Bonchev–Trinajstić information content (AvgIpc) is 2.86. The smallest absolute Gasteiger partial charge is 0.287 e. The number of phenolic OH excluding ortho intramolecular Hbond substituents is 1. The summed E-state index contributed by atoms with van der Waals surface area (Å²) in [7, 11) is 1.43. The van der Waals surface area contributed by atoms with Crippen molar-refractivity contribution in [2.24, 2.45) is 5.10 Å². The van der Waals surface area contributed by atoms with Gasteiger partial charge in [0.15, 0.2) is 11.5 Å². The number of nitrogens with zero attached hydrogens (tertiary/aromatic N) is 1. The van der Waals surface area contributed by atoms with Crippen molar-refractivity contribution in [3.05, 3.63) is 112 Å². The average molecular weight is 520 g/mol. The molecule has 0 saturated heterocycles. The van der Waals surface area contributed by atoms with Gasteiger partial charge >= 0.3 is 0 Å². The molecular formula is C26H22BrN3O4. The highest BCUT2D eigenvalue weighted by atomic mass is 79.9. The molecule has 3 N–H and O–H groups in total. The number of phenols is 1. The fraction of sp³-hybridized carbons (Fsp3) is 0.0385. The fourth-order valence-corrected chi connectivity index (χ4v) is 3.29. The van der Waals surface area contributed by atoms with Crippen LogP contribution in [0.2, 0.25) is 0 Å². The maximum absolute atomic E-state index is 12.8. The number of amides is 2. The minimum Gasteiger partial charge on any atom is -0.503 e. The maximum Gasteiger partial charge on any atom is 0.287 e. The molecule has 0 radical (unpaired) electrons. The number of halogens is 1. The summed E-state index contributed by atoms with van der Waals surface area (Å²) in [6.07, 6.45) is 6.37. The Morgan fingerprint density at radius 3 is 2.35 bits per heavy atom. The first-order valence-electron chi connectivity index (χ1n) is 10.2. The third-order valence-corrected chi connectivity index (χ3v) is 5.13. The molecule has 0 atom stereocenters. The first kappa shape index (κ1) is 24.5. The van der Waals surface area contributed by atoms with E-state index in [1.165, 1.54) is 19.4 Å². The number of allylic oxidation sites excluding steroid dienone is 2. The van der Waals surface area contributed by atoms with Crippen molar-refractivity contribution in [3.8, 4) is 11.5 Å². The van der Waals surface area contributed by atoms with Gasteiger partial charge in [-0.05, 0) is 57.4 Å². The maximum atomic E-state index is 12.8. The van der Waals surface area contributed by atoms with Gasteiger partial charge in [-0.2, -0.15) is 5.10 Å². The van der Waals surface area contributed by atoms with Crippen molar-refractivity contribution in [2.75, 3.05) is 7.11 Å². The molecule has 0 fully saturated rings. The Morgan fingerprint density at radius 2 is 1.68 bits per heavy atom. The molecule has 0 heterocycles. The monoisotopic (exact) mass is 519 g/mol. The number of hydrazone groups is 1. The number of nitrogens with one attached hydrogen (secondary N) is 2. The van der Waals surface area contributed by atoms with Crippen molar-refractivity contribution < 1.29 is 19.4 Å². The highest BCUT2D eigenvalue weighted by Crippen LogP contribution is 2.34. The standard InChI is InChI=1S/C26H22BrN3O4/c1-34-23-16-19(15-21(27)24(23)31)17-28-30-26(33)22(14-8-11-18-9-4-2-5-10-18)29-25(32)20-12-6-3-7-13-20/h2-17,31H,1H3,(H,29,32)(H,30,33)/b11-8+,22-14+,28-17+. The summed E-state index contributed by atoms with van der Waals surface area (Å²) < 4.78 is 5.52. The summed E-state index contributed by atoms with van der Waals surface area (Å²) >= 11 is 3.24. The topological polar surface area (TPSA) is 100 Å². The van der Waals surface area contributed by atoms with Crippen LogP contribution in [-0.2, 0) is 4.79 Å². The van der Waals surface area contributed by atoms with E-state index in [4.69, 9.17) is 4.74 Å². The Morgan fingerprint density at radius 1 is 1.00 bits per heavy atom. The van der Waals surface area contributed by atoms with Crippen molar-refractivity contribution in [1.82, 2.24) is 10.7 Å². The number of rotatable bonds is 8. The van der Waals surface area contributed by atoms with Crippen molar-refractivity contribution >= 4 is 40.0 Å². The van der Waals surface area contributed by atoms with Gasteiger partial charge < -0.3 is 15.2 Å². The minimum absolute atomic E-state index is 0.0163. The van der Waals surface area contributed by atoms with Gasteiger partial charge in [-0.1, -0.05) is 60.7 Å². The Labute approximate surface area is 205 Å². The van der Waals surface area contributed by atoms with E-state index < -0.39 is 11.8 Å². The van der Waals surface area contributed by atoms with Gasteiger partial charge in [0.1, 0.15) is 5.70 Å². The lowest BCUT2D eigenvalue weighted by Crippen LogP contribution is -2.32. The number of hydrogen-bond donors (Lipinski definition) is 3. The van der Waals surface area contributed by atoms with Crippen LogP contribution in [0.1, 0.15) is 21.5 Å². The molecule has 3 rings (SSSR count). The summed E-state index contributed by atoms with van der Waals surface area (Å²) in [6.45, 7) is 0. The molecule has 0 saturated carbocycles. The van der Waals surface area contributed by atoms with E-state index in [2.05, 4.69) is 31.8 Å². The fourth-order valence-electron chi connectivity index (χ4n) is 2.83. The summed E-state index contributed by atoms with van der Waals surface area (Å²) in [5.41, 5.74) is 4.35. The van der Waals surface area contributed by atoms with Crippen LogP contribution < -0.4 is 15.5 Å². The van der Waals surface area contributed by atoms with Gasteiger partial charge in [0, 0.05) is 5.56 Å². The Bertz CT molecular complexity index is 1240. The van der Waals surface area contributed by atoms with Gasteiger partial charge in [0.05, 0.1) is 17.8 Å². The Kier molecular flexibility index (Phi) is 8.76. The number of carbonyl (C=O) groups excluding carboxylic acids is 2. The zero-order valence-electron chi connectivity index (χ0n) is 18.2. The molecule has 0 aliphatic rings. The van der Waals surface area contributed by atoms with Crippen LogP contribution >= 0.6 is 15.9 Å². The van der Waals surface area contributed by atoms with Crippen LogP contribution in [0.3, 0.4) is 0 Å². The second-order valence-electron chi connectivity index (χ2n) is 6.92. The summed E-state index contributed by atoms with van der Waals surface area (Å²) in [5, 5.41) is 16.5. The third kappa shape index (κ3) is 6.91. The molecular weight excluding hydrogens is 498 g/mol. The van der Waals surface area contributed by atoms with E-state index in [0.717, 1.165) is 5.56 Å². The molecule has 0 aliphatic carbocycles. The number of ether oxygens (including phenoxy) is 1. The molecule has 172 valence electrons. The van der Waals surface area contributed by atoms with Gasteiger partial charge in [-0.3, -0.25) is 9.59 Å². The van der Waals surface area contributed by atoms with Crippen LogP contribution in [0.4, 0.5) is 0 Å². The lowest BCUT2D eigenvalue weighted by atomic mass is 10.2. The van der Waals surface area contributed by atoms with E-state index in [1.54, 1.807) is 48.5 Å². The van der Waals surface area contributed by atoms with Gasteiger partial charge in [0.25, 0.3) is 11.8 Å². The second kappa shape index (κ2) is 12.2. The van der Waals surface area contributed by atoms with Crippen molar-refractivity contribution in [2.45, 2.75) is 0 Å². The summed E-state index contributed by atoms with van der Waals surface area (Å²) in [6, 6.07) is 21.3. The van der Waals surface area contributed by atoms with Crippen LogP contribution in [0, 0.1) is 0 Å². The van der Waals surface area contributed by atoms with E-state index in [9.17, 15) is 14.7 Å². The first-order valence-corrected chi connectivity index (χ1v) is 11.0. The van der Waals surface area contributed by atoms with E-state index >= 15 is 0 Å². The third-order valence-electron chi connectivity index (χ3n) is 4.53. The summed E-state index contributed by atoms with van der Waals surface area (Å²) in [4.78, 5) is 25.4. The molecule has 34 heavy (non-hydrogen) atoms. The van der Waals surface area contributed by atoms with Crippen LogP contribution in [0.25, 0.3) is 6.08 Å². The molecule has 0 aromatic heterocycles. The van der Waals surface area contributed by atoms with E-state index in [0.29, 0.717) is 15.6 Å². The lowest BCUT2D eigenvalue weighted by molar-refractivity contribution is -0.117. The van der Waals surface area contributed by atoms with E-state index in [-0.39, 0.29) is 17.2 Å². The molecule has 7 nitrogen and oxygen atoms in total. The number of hydrogen-bond acceptors (Lipinski definition) is 5. The van der Waals surface area contributed by atoms with Gasteiger partial charge in [-0.15, -0.1) is 0 Å². The molecule has 2 amide bonds. The largest absolute Gasteiger partial charge is 0.503 e. The number of carbonyl (C=O) groups is 2. The zero-order chi connectivity index (χ0) is 24.3. The normalized spacial score (nSPS) is 11.5. The van der Waals surface area contributed by atoms with Gasteiger partial charge in [0.2, 0.25) is 0 Å². The second-order valence-corrected chi connectivity index (χ2v) is 7.78.